The van der Waals surface area contributed by atoms with Gasteiger partial charge >= 0.3 is 0 Å². The molecule has 9 heteroatoms. The second-order valence-electron chi connectivity index (χ2n) is 7.88. The van der Waals surface area contributed by atoms with Crippen LogP contribution in [0.25, 0.3) is 10.2 Å². The highest BCUT2D eigenvalue weighted by molar-refractivity contribution is 7.22. The van der Waals surface area contributed by atoms with Crippen molar-refractivity contribution in [2.24, 2.45) is 0 Å². The molecule has 174 valence electrons. The summed E-state index contributed by atoms with van der Waals surface area (Å²) in [7, 11) is 0. The van der Waals surface area contributed by atoms with E-state index in [2.05, 4.69) is 11.1 Å². The van der Waals surface area contributed by atoms with Gasteiger partial charge in [-0.25, -0.2) is 4.98 Å². The van der Waals surface area contributed by atoms with Gasteiger partial charge < -0.3 is 14.3 Å². The van der Waals surface area contributed by atoms with Crippen LogP contribution < -0.4 is 9.64 Å². The highest BCUT2D eigenvalue weighted by atomic mass is 32.1. The first-order chi connectivity index (χ1) is 16.9. The van der Waals surface area contributed by atoms with E-state index in [4.69, 9.17) is 9.15 Å². The van der Waals surface area contributed by atoms with Crippen molar-refractivity contribution in [3.8, 4) is 11.8 Å². The van der Waals surface area contributed by atoms with Crippen LogP contribution in [0.1, 0.15) is 40.4 Å². The second-order valence-corrected chi connectivity index (χ2v) is 8.88. The number of Topliss-reactive ketones (excluding diaryl/α,β-unsaturated/α-hetero) is 1. The monoisotopic (exact) mass is 485 g/mol. The molecular weight excluding hydrogens is 466 g/mol. The van der Waals surface area contributed by atoms with Crippen LogP contribution in [0.3, 0.4) is 0 Å². The van der Waals surface area contributed by atoms with Crippen molar-refractivity contribution in [3.05, 3.63) is 88.6 Å². The van der Waals surface area contributed by atoms with Gasteiger partial charge in [0.1, 0.15) is 11.5 Å². The summed E-state index contributed by atoms with van der Waals surface area (Å²) in [5.41, 5.74) is 1.36. The molecule has 0 spiro atoms. The number of carbonyl (C=O) groups is 2. The number of thiazole rings is 1. The average molecular weight is 486 g/mol. The Morgan fingerprint density at radius 1 is 1.26 bits per heavy atom. The summed E-state index contributed by atoms with van der Waals surface area (Å²) in [5.74, 6) is -0.844. The van der Waals surface area contributed by atoms with Gasteiger partial charge in [-0.05, 0) is 61.9 Å². The Hall–Kier alpha value is -4.42. The zero-order valence-electron chi connectivity index (χ0n) is 18.8. The Kier molecular flexibility index (Phi) is 5.59. The number of carbonyl (C=O) groups excluding carboxylic acids is 2. The lowest BCUT2D eigenvalue weighted by Crippen LogP contribution is -2.31. The van der Waals surface area contributed by atoms with Crippen LogP contribution in [0.4, 0.5) is 5.13 Å². The average Bonchev–Trinajstić information content (AvgIpc) is 3.55. The van der Waals surface area contributed by atoms with Crippen molar-refractivity contribution in [2.45, 2.75) is 19.9 Å². The van der Waals surface area contributed by atoms with Crippen molar-refractivity contribution < 1.29 is 23.8 Å². The molecular formula is C26H19N3O5S. The molecule has 0 radical (unpaired) electrons. The molecule has 3 heterocycles. The predicted molar refractivity (Wildman–Crippen MR) is 130 cm³/mol. The lowest BCUT2D eigenvalue weighted by atomic mass is 9.94. The van der Waals surface area contributed by atoms with Gasteiger partial charge in [0.2, 0.25) is 5.78 Å². The predicted octanol–water partition coefficient (Wildman–Crippen LogP) is 5.25. The minimum Gasteiger partial charge on any atom is -0.503 e. The molecule has 0 fully saturated rings. The maximum Gasteiger partial charge on any atom is 0.296 e. The first-order valence-corrected chi connectivity index (χ1v) is 11.6. The Morgan fingerprint density at radius 2 is 2.09 bits per heavy atom. The van der Waals surface area contributed by atoms with Crippen LogP contribution in [0.5, 0.6) is 5.75 Å². The van der Waals surface area contributed by atoms with E-state index in [0.29, 0.717) is 39.9 Å². The number of aromatic nitrogens is 1. The number of furan rings is 1. The van der Waals surface area contributed by atoms with Crippen LogP contribution >= 0.6 is 11.3 Å². The van der Waals surface area contributed by atoms with Crippen molar-refractivity contribution >= 4 is 38.4 Å². The zero-order valence-corrected chi connectivity index (χ0v) is 19.6. The molecule has 1 unspecified atom stereocenters. The summed E-state index contributed by atoms with van der Waals surface area (Å²) in [6, 6.07) is 16.2. The maximum atomic E-state index is 13.4. The summed E-state index contributed by atoms with van der Waals surface area (Å²) in [4.78, 5) is 32.7. The summed E-state index contributed by atoms with van der Waals surface area (Å²) in [5, 5.41) is 20.6. The molecule has 1 aliphatic rings. The maximum absolute atomic E-state index is 13.4. The number of anilines is 1. The number of hydrogen-bond donors (Lipinski definition) is 1. The van der Waals surface area contributed by atoms with Gasteiger partial charge in [-0.3, -0.25) is 14.5 Å². The zero-order chi connectivity index (χ0) is 24.7. The minimum absolute atomic E-state index is 0.00536. The molecule has 0 aliphatic carbocycles. The number of ether oxygens (including phenoxy) is 1. The SMILES string of the molecule is CCOc1ccc2nc(N3C(=O)C(O)=C(C(=O)c4ccc(C)o4)C3c3cccc(C#N)c3)sc2c1. The van der Waals surface area contributed by atoms with Gasteiger partial charge in [-0.15, -0.1) is 0 Å². The highest BCUT2D eigenvalue weighted by Crippen LogP contribution is 2.44. The number of aliphatic hydroxyl groups is 1. The molecule has 2 aromatic carbocycles. The van der Waals surface area contributed by atoms with Crippen molar-refractivity contribution in [1.82, 2.24) is 4.98 Å². The number of hydrogen-bond acceptors (Lipinski definition) is 8. The topological polar surface area (TPSA) is 117 Å². The third-order valence-corrected chi connectivity index (χ3v) is 6.63. The quantitative estimate of drug-likeness (QED) is 0.371. The van der Waals surface area contributed by atoms with Crippen LogP contribution in [-0.4, -0.2) is 28.4 Å². The summed E-state index contributed by atoms with van der Waals surface area (Å²) in [6.07, 6.45) is 0. The highest BCUT2D eigenvalue weighted by Gasteiger charge is 2.46. The number of aliphatic hydroxyl groups excluding tert-OH is 1. The smallest absolute Gasteiger partial charge is 0.296 e. The standard InChI is InChI=1S/C26H19N3O5S/c1-3-33-17-8-9-18-20(12-17)35-26(28-18)29-22(16-6-4-5-15(11-16)13-27)21(24(31)25(29)32)23(30)19-10-7-14(2)34-19/h4-12,22,31H,3H2,1-2H3. The van der Waals surface area contributed by atoms with E-state index in [0.717, 1.165) is 4.70 Å². The van der Waals surface area contributed by atoms with E-state index < -0.39 is 23.5 Å². The van der Waals surface area contributed by atoms with E-state index in [1.807, 2.05) is 13.0 Å². The molecule has 8 nitrogen and oxygen atoms in total. The molecule has 35 heavy (non-hydrogen) atoms. The van der Waals surface area contributed by atoms with Gasteiger partial charge in [0, 0.05) is 0 Å². The van der Waals surface area contributed by atoms with Crippen molar-refractivity contribution in [3.63, 3.8) is 0 Å². The fourth-order valence-electron chi connectivity index (χ4n) is 4.07. The fraction of sp³-hybridized carbons (Fsp3) is 0.154. The number of fused-ring (bicyclic) bond motifs is 1. The van der Waals surface area contributed by atoms with Crippen LogP contribution in [0.15, 0.2) is 70.3 Å². The minimum atomic E-state index is -0.999. The number of aryl methyl sites for hydroxylation is 1. The van der Waals surface area contributed by atoms with Crippen LogP contribution in [0.2, 0.25) is 0 Å². The number of ketones is 1. The summed E-state index contributed by atoms with van der Waals surface area (Å²) < 4.78 is 11.8. The molecule has 0 saturated carbocycles. The Bertz CT molecular complexity index is 1560. The first-order valence-electron chi connectivity index (χ1n) is 10.8. The van der Waals surface area contributed by atoms with Crippen LogP contribution in [-0.2, 0) is 4.79 Å². The summed E-state index contributed by atoms with van der Waals surface area (Å²) in [6.45, 7) is 4.09. The third-order valence-electron chi connectivity index (χ3n) is 5.61. The lowest BCUT2D eigenvalue weighted by molar-refractivity contribution is -0.117. The van der Waals surface area contributed by atoms with Gasteiger partial charge in [0.15, 0.2) is 16.7 Å². The van der Waals surface area contributed by atoms with Crippen LogP contribution in [0, 0.1) is 18.3 Å². The second kappa shape index (κ2) is 8.74. The van der Waals surface area contributed by atoms with E-state index in [-0.39, 0.29) is 11.3 Å². The Labute approximate surface area is 204 Å². The van der Waals surface area contributed by atoms with Gasteiger partial charge in [-0.2, -0.15) is 5.26 Å². The van der Waals surface area contributed by atoms with Crippen molar-refractivity contribution in [2.75, 3.05) is 11.5 Å². The molecule has 4 aromatic rings. The number of benzene rings is 2. The molecule has 1 N–H and O–H groups in total. The number of nitriles is 1. The normalized spacial score (nSPS) is 15.6. The molecule has 0 bridgehead atoms. The van der Waals surface area contributed by atoms with E-state index in [1.165, 1.54) is 22.3 Å². The molecule has 1 aliphatic heterocycles. The first kappa shape index (κ1) is 22.4. The summed E-state index contributed by atoms with van der Waals surface area (Å²) >= 11 is 1.24. The van der Waals surface area contributed by atoms with E-state index in [1.54, 1.807) is 49.4 Å². The molecule has 1 amide bonds. The molecule has 0 saturated heterocycles. The fourth-order valence-corrected chi connectivity index (χ4v) is 5.09. The Balaban J connectivity index is 1.66. The lowest BCUT2D eigenvalue weighted by Gasteiger charge is -2.24. The third kappa shape index (κ3) is 3.84. The molecule has 2 aromatic heterocycles. The van der Waals surface area contributed by atoms with E-state index in [9.17, 15) is 20.0 Å². The van der Waals surface area contributed by atoms with Gasteiger partial charge in [-0.1, -0.05) is 23.5 Å². The number of nitrogens with zero attached hydrogens (tertiary/aromatic N) is 3. The van der Waals surface area contributed by atoms with Gasteiger partial charge in [0.05, 0.1) is 40.1 Å². The largest absolute Gasteiger partial charge is 0.503 e. The molecule has 5 rings (SSSR count). The number of amides is 1. The van der Waals surface area contributed by atoms with E-state index >= 15 is 0 Å². The molecule has 1 atom stereocenters. The number of rotatable bonds is 6. The Morgan fingerprint density at radius 3 is 2.80 bits per heavy atom. The van der Waals surface area contributed by atoms with Crippen molar-refractivity contribution in [1.29, 1.82) is 5.26 Å². The van der Waals surface area contributed by atoms with Gasteiger partial charge in [0.25, 0.3) is 5.91 Å².